The van der Waals surface area contributed by atoms with Crippen LogP contribution in [0.2, 0.25) is 0 Å². The summed E-state index contributed by atoms with van der Waals surface area (Å²) in [6.07, 6.45) is 0. The van der Waals surface area contributed by atoms with E-state index in [-0.39, 0.29) is 18.0 Å². The third kappa shape index (κ3) is 2.56. The molecule has 1 rings (SSSR count). The van der Waals surface area contributed by atoms with E-state index < -0.39 is 17.2 Å². The molecule has 0 atom stereocenters. The fourth-order valence-corrected chi connectivity index (χ4v) is 0.969. The highest BCUT2D eigenvalue weighted by molar-refractivity contribution is 5.53. The van der Waals surface area contributed by atoms with E-state index in [4.69, 9.17) is 16.2 Å². The van der Waals surface area contributed by atoms with E-state index in [0.29, 0.717) is 0 Å². The number of halogens is 2. The summed E-state index contributed by atoms with van der Waals surface area (Å²) < 4.78 is 31.4. The highest BCUT2D eigenvalue weighted by Crippen LogP contribution is 2.30. The van der Waals surface area contributed by atoms with Gasteiger partial charge in [0.25, 0.3) is 0 Å². The van der Waals surface area contributed by atoms with Crippen molar-refractivity contribution in [2.75, 3.05) is 12.3 Å². The van der Waals surface area contributed by atoms with Crippen molar-refractivity contribution in [2.24, 2.45) is 5.73 Å². The van der Waals surface area contributed by atoms with Gasteiger partial charge in [0.05, 0.1) is 5.69 Å². The van der Waals surface area contributed by atoms with Crippen LogP contribution < -0.4 is 16.2 Å². The Bertz CT molecular complexity index is 367. The second-order valence-corrected chi connectivity index (χ2v) is 3.85. The second-order valence-electron chi connectivity index (χ2n) is 3.85. The first-order valence-electron chi connectivity index (χ1n) is 4.50. The topological polar surface area (TPSA) is 61.3 Å². The second kappa shape index (κ2) is 4.02. The molecule has 0 aliphatic carbocycles. The first-order chi connectivity index (χ1) is 6.87. The summed E-state index contributed by atoms with van der Waals surface area (Å²) in [5, 5.41) is 0. The van der Waals surface area contributed by atoms with Gasteiger partial charge in [0.1, 0.15) is 5.60 Å². The Morgan fingerprint density at radius 3 is 2.47 bits per heavy atom. The lowest BCUT2D eigenvalue weighted by molar-refractivity contribution is 0.112. The summed E-state index contributed by atoms with van der Waals surface area (Å²) in [6.45, 7) is 3.50. The Kier molecular flexibility index (Phi) is 3.14. The zero-order valence-electron chi connectivity index (χ0n) is 8.68. The molecule has 0 spiro atoms. The smallest absolute Gasteiger partial charge is 0.202 e. The number of benzene rings is 1. The van der Waals surface area contributed by atoms with Crippen LogP contribution in [0.3, 0.4) is 0 Å². The van der Waals surface area contributed by atoms with Gasteiger partial charge < -0.3 is 16.2 Å². The zero-order valence-corrected chi connectivity index (χ0v) is 8.68. The van der Waals surface area contributed by atoms with Crippen LogP contribution in [-0.4, -0.2) is 12.1 Å². The van der Waals surface area contributed by atoms with Crippen LogP contribution in [0.5, 0.6) is 5.75 Å². The first-order valence-corrected chi connectivity index (χ1v) is 4.50. The number of ether oxygens (including phenoxy) is 1. The molecule has 0 amide bonds. The van der Waals surface area contributed by atoms with Crippen molar-refractivity contribution in [3.05, 3.63) is 23.8 Å². The Labute approximate surface area is 87.0 Å². The molecule has 0 aromatic heterocycles. The van der Waals surface area contributed by atoms with Crippen molar-refractivity contribution >= 4 is 5.69 Å². The molecule has 0 radical (unpaired) electrons. The van der Waals surface area contributed by atoms with Crippen LogP contribution in [0.4, 0.5) is 14.5 Å². The molecule has 15 heavy (non-hydrogen) atoms. The molecule has 0 heterocycles. The quantitative estimate of drug-likeness (QED) is 0.755. The van der Waals surface area contributed by atoms with Gasteiger partial charge in [-0.2, -0.15) is 4.39 Å². The molecule has 0 unspecified atom stereocenters. The normalized spacial score (nSPS) is 11.5. The molecule has 84 valence electrons. The third-order valence-electron chi connectivity index (χ3n) is 1.95. The molecule has 1 aromatic carbocycles. The van der Waals surface area contributed by atoms with Gasteiger partial charge in [-0.3, -0.25) is 0 Å². The largest absolute Gasteiger partial charge is 0.481 e. The SMILES string of the molecule is CC(C)(CN)Oc1c(N)ccc(F)c1F. The highest BCUT2D eigenvalue weighted by atomic mass is 19.2. The monoisotopic (exact) mass is 216 g/mol. The van der Waals surface area contributed by atoms with Gasteiger partial charge in [0.15, 0.2) is 11.6 Å². The van der Waals surface area contributed by atoms with E-state index in [1.165, 1.54) is 6.07 Å². The van der Waals surface area contributed by atoms with Crippen molar-refractivity contribution in [1.82, 2.24) is 0 Å². The van der Waals surface area contributed by atoms with Crippen LogP contribution in [0.1, 0.15) is 13.8 Å². The maximum absolute atomic E-state index is 13.3. The lowest BCUT2D eigenvalue weighted by Gasteiger charge is -2.25. The average molecular weight is 216 g/mol. The predicted molar refractivity (Wildman–Crippen MR) is 54.5 cm³/mol. The Morgan fingerprint density at radius 1 is 1.33 bits per heavy atom. The van der Waals surface area contributed by atoms with E-state index >= 15 is 0 Å². The van der Waals surface area contributed by atoms with Gasteiger partial charge in [-0.15, -0.1) is 0 Å². The number of nitrogens with two attached hydrogens (primary N) is 2. The predicted octanol–water partition coefficient (Wildman–Crippen LogP) is 1.66. The summed E-state index contributed by atoms with van der Waals surface area (Å²) >= 11 is 0. The first kappa shape index (κ1) is 11.7. The van der Waals surface area contributed by atoms with Gasteiger partial charge in [-0.05, 0) is 26.0 Å². The summed E-state index contributed by atoms with van der Waals surface area (Å²) in [7, 11) is 0. The van der Waals surface area contributed by atoms with Crippen molar-refractivity contribution in [1.29, 1.82) is 0 Å². The molecule has 0 saturated heterocycles. The Balaban J connectivity index is 3.09. The van der Waals surface area contributed by atoms with E-state index in [0.717, 1.165) is 6.07 Å². The van der Waals surface area contributed by atoms with E-state index in [1.54, 1.807) is 13.8 Å². The summed E-state index contributed by atoms with van der Waals surface area (Å²) in [4.78, 5) is 0. The van der Waals surface area contributed by atoms with Crippen LogP contribution in [0.15, 0.2) is 12.1 Å². The van der Waals surface area contributed by atoms with E-state index in [9.17, 15) is 8.78 Å². The van der Waals surface area contributed by atoms with E-state index in [1.807, 2.05) is 0 Å². The van der Waals surface area contributed by atoms with Crippen molar-refractivity contribution in [2.45, 2.75) is 19.4 Å². The highest BCUT2D eigenvalue weighted by Gasteiger charge is 2.22. The van der Waals surface area contributed by atoms with Crippen LogP contribution >= 0.6 is 0 Å². The molecule has 0 aliphatic heterocycles. The third-order valence-corrected chi connectivity index (χ3v) is 1.95. The number of nitrogen functional groups attached to an aromatic ring is 1. The number of rotatable bonds is 3. The summed E-state index contributed by atoms with van der Waals surface area (Å²) in [5.41, 5.74) is 10.2. The lowest BCUT2D eigenvalue weighted by atomic mass is 10.1. The zero-order chi connectivity index (χ0) is 11.6. The van der Waals surface area contributed by atoms with Crippen molar-refractivity contribution in [3.63, 3.8) is 0 Å². The van der Waals surface area contributed by atoms with Crippen LogP contribution in [0, 0.1) is 11.6 Å². The molecule has 0 bridgehead atoms. The Morgan fingerprint density at radius 2 is 1.93 bits per heavy atom. The molecule has 0 fully saturated rings. The average Bonchev–Trinajstić information content (AvgIpc) is 2.19. The molecule has 4 N–H and O–H groups in total. The fraction of sp³-hybridized carbons (Fsp3) is 0.400. The number of anilines is 1. The Hall–Kier alpha value is -1.36. The molecule has 3 nitrogen and oxygen atoms in total. The summed E-state index contributed by atoms with van der Waals surface area (Å²) in [5.74, 6) is -2.37. The van der Waals surface area contributed by atoms with Gasteiger partial charge in [0, 0.05) is 6.54 Å². The maximum Gasteiger partial charge on any atom is 0.202 e. The molecule has 5 heteroatoms. The van der Waals surface area contributed by atoms with Gasteiger partial charge in [-0.1, -0.05) is 0 Å². The van der Waals surface area contributed by atoms with Gasteiger partial charge >= 0.3 is 0 Å². The van der Waals surface area contributed by atoms with Gasteiger partial charge in [-0.25, -0.2) is 4.39 Å². The molecule has 0 saturated carbocycles. The van der Waals surface area contributed by atoms with E-state index in [2.05, 4.69) is 0 Å². The van der Waals surface area contributed by atoms with Gasteiger partial charge in [0.2, 0.25) is 5.82 Å². The minimum Gasteiger partial charge on any atom is -0.481 e. The van der Waals surface area contributed by atoms with Crippen molar-refractivity contribution in [3.8, 4) is 5.75 Å². The molecular formula is C10H14F2N2O. The van der Waals surface area contributed by atoms with Crippen LogP contribution in [0.25, 0.3) is 0 Å². The summed E-state index contributed by atoms with van der Waals surface area (Å²) in [6, 6.07) is 2.20. The maximum atomic E-state index is 13.3. The fourth-order valence-electron chi connectivity index (χ4n) is 0.969. The lowest BCUT2D eigenvalue weighted by Crippen LogP contribution is -2.37. The number of hydrogen-bond acceptors (Lipinski definition) is 3. The molecular weight excluding hydrogens is 202 g/mol. The standard InChI is InChI=1S/C10H14F2N2O/c1-10(2,5-13)15-9-7(14)4-3-6(11)8(9)12/h3-4H,5,13-14H2,1-2H3. The molecule has 1 aromatic rings. The minimum absolute atomic E-state index is 0.0513. The van der Waals surface area contributed by atoms with Crippen molar-refractivity contribution < 1.29 is 13.5 Å². The minimum atomic E-state index is -1.09. The molecule has 0 aliphatic rings. The van der Waals surface area contributed by atoms with Crippen LogP contribution in [-0.2, 0) is 0 Å². The number of hydrogen-bond donors (Lipinski definition) is 2.